The van der Waals surface area contributed by atoms with Crippen LogP contribution in [0.25, 0.3) is 0 Å². The van der Waals surface area contributed by atoms with E-state index in [2.05, 4.69) is 45.9 Å². The van der Waals surface area contributed by atoms with Gasteiger partial charge < -0.3 is 15.6 Å². The summed E-state index contributed by atoms with van der Waals surface area (Å²) in [6.07, 6.45) is 3.95. The first-order valence-electron chi connectivity index (χ1n) is 5.47. The van der Waals surface area contributed by atoms with Crippen molar-refractivity contribution in [2.45, 2.75) is 13.1 Å². The molecule has 16 heavy (non-hydrogen) atoms. The van der Waals surface area contributed by atoms with Crippen LogP contribution in [-0.2, 0) is 13.1 Å². The fraction of sp³-hybridized carbons (Fsp3) is 0.231. The van der Waals surface area contributed by atoms with E-state index >= 15 is 0 Å². The number of hydrogen-bond donors (Lipinski definition) is 3. The molecule has 0 saturated carbocycles. The average Bonchev–Trinajstić information content (AvgIpc) is 2.82. The van der Waals surface area contributed by atoms with Gasteiger partial charge in [0.2, 0.25) is 0 Å². The summed E-state index contributed by atoms with van der Waals surface area (Å²) in [4.78, 5) is 3.05. The maximum Gasteiger partial charge on any atom is 0.0340 e. The lowest BCUT2D eigenvalue weighted by Crippen LogP contribution is -2.12. The van der Waals surface area contributed by atoms with Crippen LogP contribution in [0.3, 0.4) is 0 Å². The predicted molar refractivity (Wildman–Crippen MR) is 67.3 cm³/mol. The lowest BCUT2D eigenvalue weighted by atomic mass is 10.2. The lowest BCUT2D eigenvalue weighted by Gasteiger charge is -2.06. The van der Waals surface area contributed by atoms with Crippen LogP contribution in [0.4, 0.5) is 5.69 Å². The molecule has 0 atom stereocenters. The summed E-state index contributed by atoms with van der Waals surface area (Å²) >= 11 is 0. The van der Waals surface area contributed by atoms with Gasteiger partial charge >= 0.3 is 0 Å². The van der Waals surface area contributed by atoms with Gasteiger partial charge in [0.05, 0.1) is 0 Å². The zero-order chi connectivity index (χ0) is 11.2. The van der Waals surface area contributed by atoms with Crippen LogP contribution < -0.4 is 10.6 Å². The van der Waals surface area contributed by atoms with Crippen molar-refractivity contribution in [3.05, 3.63) is 53.9 Å². The molecule has 2 rings (SSSR count). The van der Waals surface area contributed by atoms with Crippen LogP contribution in [0.5, 0.6) is 0 Å². The van der Waals surface area contributed by atoms with Crippen molar-refractivity contribution in [2.24, 2.45) is 0 Å². The molecule has 1 heterocycles. The van der Waals surface area contributed by atoms with Crippen LogP contribution >= 0.6 is 0 Å². The predicted octanol–water partition coefficient (Wildman–Crippen LogP) is 2.35. The van der Waals surface area contributed by atoms with Gasteiger partial charge in [0.25, 0.3) is 0 Å². The van der Waals surface area contributed by atoms with Crippen LogP contribution in [0.1, 0.15) is 11.1 Å². The molecule has 3 heteroatoms. The van der Waals surface area contributed by atoms with Gasteiger partial charge in [-0.1, -0.05) is 12.1 Å². The second kappa shape index (κ2) is 5.37. The smallest absolute Gasteiger partial charge is 0.0340 e. The Morgan fingerprint density at radius 1 is 1.12 bits per heavy atom. The van der Waals surface area contributed by atoms with E-state index in [0.717, 1.165) is 18.8 Å². The van der Waals surface area contributed by atoms with Crippen molar-refractivity contribution >= 4 is 5.69 Å². The van der Waals surface area contributed by atoms with Gasteiger partial charge in [-0.2, -0.15) is 0 Å². The Morgan fingerprint density at radius 2 is 2.00 bits per heavy atom. The third kappa shape index (κ3) is 2.87. The fourth-order valence-corrected chi connectivity index (χ4v) is 1.66. The third-order valence-electron chi connectivity index (χ3n) is 2.54. The van der Waals surface area contributed by atoms with Crippen LogP contribution in [-0.4, -0.2) is 12.0 Å². The second-order valence-electron chi connectivity index (χ2n) is 3.77. The second-order valence-corrected chi connectivity index (χ2v) is 3.77. The van der Waals surface area contributed by atoms with E-state index in [1.54, 1.807) is 0 Å². The molecule has 3 nitrogen and oxygen atoms in total. The maximum absolute atomic E-state index is 3.41. The van der Waals surface area contributed by atoms with Gasteiger partial charge in [-0.3, -0.25) is 0 Å². The number of anilines is 1. The first-order valence-corrected chi connectivity index (χ1v) is 5.47. The van der Waals surface area contributed by atoms with Crippen LogP contribution in [0.15, 0.2) is 42.7 Å². The quantitative estimate of drug-likeness (QED) is 0.716. The van der Waals surface area contributed by atoms with E-state index in [1.165, 1.54) is 11.1 Å². The molecule has 2 aromatic rings. The molecule has 0 fully saturated rings. The van der Waals surface area contributed by atoms with E-state index < -0.39 is 0 Å². The number of rotatable bonds is 5. The van der Waals surface area contributed by atoms with Crippen LogP contribution in [0.2, 0.25) is 0 Å². The molecule has 0 aliphatic rings. The van der Waals surface area contributed by atoms with Gasteiger partial charge in [0.15, 0.2) is 0 Å². The normalized spacial score (nSPS) is 10.3. The minimum absolute atomic E-state index is 0.890. The van der Waals surface area contributed by atoms with Gasteiger partial charge in [0, 0.05) is 38.2 Å². The van der Waals surface area contributed by atoms with Crippen molar-refractivity contribution in [3.63, 3.8) is 0 Å². The average molecular weight is 215 g/mol. The van der Waals surface area contributed by atoms with E-state index in [-0.39, 0.29) is 0 Å². The molecule has 0 saturated heterocycles. The zero-order valence-electron chi connectivity index (χ0n) is 9.46. The van der Waals surface area contributed by atoms with E-state index in [1.807, 2.05) is 19.4 Å². The molecular weight excluding hydrogens is 198 g/mol. The summed E-state index contributed by atoms with van der Waals surface area (Å²) in [5.41, 5.74) is 3.73. The SMILES string of the molecule is CNc1cccc(CNCc2cc[nH]c2)c1. The Balaban J connectivity index is 1.85. The highest BCUT2D eigenvalue weighted by molar-refractivity contribution is 5.44. The van der Waals surface area contributed by atoms with E-state index in [4.69, 9.17) is 0 Å². The zero-order valence-corrected chi connectivity index (χ0v) is 9.46. The first-order chi connectivity index (χ1) is 7.88. The molecule has 0 spiro atoms. The highest BCUT2D eigenvalue weighted by atomic mass is 14.9. The van der Waals surface area contributed by atoms with Crippen molar-refractivity contribution in [3.8, 4) is 0 Å². The highest BCUT2D eigenvalue weighted by Gasteiger charge is 1.95. The summed E-state index contributed by atoms with van der Waals surface area (Å²) in [6, 6.07) is 10.5. The molecule has 1 aromatic heterocycles. The molecule has 0 bridgehead atoms. The number of aromatic amines is 1. The molecule has 0 aliphatic carbocycles. The molecule has 0 unspecified atom stereocenters. The van der Waals surface area contributed by atoms with Gasteiger partial charge in [0.1, 0.15) is 0 Å². The fourth-order valence-electron chi connectivity index (χ4n) is 1.66. The highest BCUT2D eigenvalue weighted by Crippen LogP contribution is 2.09. The van der Waals surface area contributed by atoms with Gasteiger partial charge in [-0.15, -0.1) is 0 Å². The van der Waals surface area contributed by atoms with Crippen molar-refractivity contribution in [1.82, 2.24) is 10.3 Å². The van der Waals surface area contributed by atoms with Gasteiger partial charge in [-0.05, 0) is 29.3 Å². The molecule has 0 aliphatic heterocycles. The van der Waals surface area contributed by atoms with Crippen molar-refractivity contribution in [2.75, 3.05) is 12.4 Å². The number of benzene rings is 1. The topological polar surface area (TPSA) is 39.8 Å². The Bertz CT molecular complexity index is 421. The standard InChI is InChI=1S/C13H17N3/c1-14-13-4-2-3-11(7-13)8-16-10-12-5-6-15-9-12/h2-7,9,14-16H,8,10H2,1H3. The van der Waals surface area contributed by atoms with Gasteiger partial charge in [-0.25, -0.2) is 0 Å². The molecule has 1 aromatic carbocycles. The maximum atomic E-state index is 3.41. The third-order valence-corrected chi connectivity index (χ3v) is 2.54. The minimum Gasteiger partial charge on any atom is -0.388 e. The Labute approximate surface area is 95.9 Å². The summed E-state index contributed by atoms with van der Waals surface area (Å²) in [5.74, 6) is 0. The number of H-pyrrole nitrogens is 1. The first kappa shape index (κ1) is 10.8. The monoisotopic (exact) mass is 215 g/mol. The minimum atomic E-state index is 0.890. The van der Waals surface area contributed by atoms with E-state index in [0.29, 0.717) is 0 Å². The number of hydrogen-bond acceptors (Lipinski definition) is 2. The Kier molecular flexibility index (Phi) is 3.62. The van der Waals surface area contributed by atoms with Crippen LogP contribution in [0, 0.1) is 0 Å². The Morgan fingerprint density at radius 3 is 2.75 bits per heavy atom. The molecule has 84 valence electrons. The molecule has 0 amide bonds. The van der Waals surface area contributed by atoms with Crippen molar-refractivity contribution < 1.29 is 0 Å². The molecular formula is C13H17N3. The summed E-state index contributed by atoms with van der Waals surface area (Å²) in [6.45, 7) is 1.79. The largest absolute Gasteiger partial charge is 0.388 e. The Hall–Kier alpha value is -1.74. The van der Waals surface area contributed by atoms with E-state index in [9.17, 15) is 0 Å². The molecule has 0 radical (unpaired) electrons. The molecule has 3 N–H and O–H groups in total. The summed E-state index contributed by atoms with van der Waals surface area (Å²) in [5, 5.41) is 6.55. The van der Waals surface area contributed by atoms with Crippen molar-refractivity contribution in [1.29, 1.82) is 0 Å². The lowest BCUT2D eigenvalue weighted by molar-refractivity contribution is 0.694. The number of nitrogens with one attached hydrogen (secondary N) is 3. The number of aromatic nitrogens is 1. The summed E-state index contributed by atoms with van der Waals surface area (Å²) in [7, 11) is 1.94. The summed E-state index contributed by atoms with van der Waals surface area (Å²) < 4.78 is 0.